The highest BCUT2D eigenvalue weighted by Crippen LogP contribution is 2.41. The summed E-state index contributed by atoms with van der Waals surface area (Å²) in [5.41, 5.74) is 6.78. The summed E-state index contributed by atoms with van der Waals surface area (Å²) < 4.78 is 46.1. The Labute approximate surface area is 274 Å². The van der Waals surface area contributed by atoms with Gasteiger partial charge in [0.05, 0.1) is 4.90 Å². The number of nitrogens with zero attached hydrogens (tertiary/aromatic N) is 1. The number of likely N-dealkylation sites (tertiary alicyclic amines) is 1. The molecule has 1 aromatic heterocycles. The zero-order valence-electron chi connectivity index (χ0n) is 26.4. The molecule has 0 spiro atoms. The minimum Gasteiger partial charge on any atom is -0.451 e. The molecule has 3 aromatic rings. The first kappa shape index (κ1) is 33.1. The van der Waals surface area contributed by atoms with Crippen molar-refractivity contribution in [2.45, 2.75) is 81.2 Å². The fourth-order valence-electron chi connectivity index (χ4n) is 7.89. The first-order valence-corrected chi connectivity index (χ1v) is 18.2. The van der Waals surface area contributed by atoms with Gasteiger partial charge in [-0.15, -0.1) is 0 Å². The van der Waals surface area contributed by atoms with Gasteiger partial charge in [-0.2, -0.15) is 0 Å². The lowest BCUT2D eigenvalue weighted by Gasteiger charge is -2.36. The number of nitrogens with two attached hydrogens (primary N) is 1. The molecule has 10 nitrogen and oxygen atoms in total. The van der Waals surface area contributed by atoms with Gasteiger partial charge in [-0.05, 0) is 86.3 Å². The van der Waals surface area contributed by atoms with Crippen LogP contribution < -0.4 is 15.8 Å². The molecule has 0 unspecified atom stereocenters. The molecule has 0 radical (unpaired) electrons. The SMILES string of the molecule is N[C@H](CF)[C@H]1CC[C@H](C(=O)N2CC[C@@H](C3CCCCC3)[C@H]2C(=O)Nc2ccc3oc(C(=O)NS(=O)(=O)c4ccccc4)cc3c2)CC1. The summed E-state index contributed by atoms with van der Waals surface area (Å²) in [6.45, 7) is -0.0247. The van der Waals surface area contributed by atoms with E-state index < -0.39 is 34.7 Å². The van der Waals surface area contributed by atoms with Gasteiger partial charge in [-0.3, -0.25) is 14.4 Å². The van der Waals surface area contributed by atoms with E-state index in [2.05, 4.69) is 5.32 Å². The normalized spacial score (nSPS) is 24.6. The van der Waals surface area contributed by atoms with Gasteiger partial charge in [-0.1, -0.05) is 50.3 Å². The number of rotatable bonds is 9. The fraction of sp³-hybridized carbons (Fsp3) is 0.514. The largest absolute Gasteiger partial charge is 0.451 e. The van der Waals surface area contributed by atoms with Crippen LogP contribution in [0.15, 0.2) is 63.9 Å². The summed E-state index contributed by atoms with van der Waals surface area (Å²) in [6.07, 6.45) is 9.04. The number of fused-ring (bicyclic) bond motifs is 1. The summed E-state index contributed by atoms with van der Waals surface area (Å²) in [6, 6.07) is 12.9. The number of carbonyl (C=O) groups excluding carboxylic acids is 3. The molecule has 3 aliphatic rings. The second kappa shape index (κ2) is 14.1. The van der Waals surface area contributed by atoms with E-state index >= 15 is 0 Å². The standard InChI is InChI=1S/C35H43FN4O6S/c36-21-29(37)23-11-13-24(14-12-23)35(43)40-18-17-28(22-7-3-1-4-8-22)32(40)34(42)38-26-15-16-30-25(19-26)20-31(46-30)33(41)39-47(44,45)27-9-5-2-6-10-27/h2,5-6,9-10,15-16,19-20,22-24,28-29,32H,1,3-4,7-8,11-14,17-18,21,37H2,(H,38,42)(H,39,41)/t23-,24-,28-,29+,32-/m0/s1. The van der Waals surface area contributed by atoms with E-state index in [0.29, 0.717) is 54.8 Å². The zero-order chi connectivity index (χ0) is 33.1. The molecule has 6 rings (SSSR count). The number of nitrogens with one attached hydrogen (secondary N) is 2. The number of anilines is 1. The maximum absolute atomic E-state index is 14.1. The first-order valence-electron chi connectivity index (χ1n) is 16.7. The van der Waals surface area contributed by atoms with Crippen molar-refractivity contribution in [3.05, 3.63) is 60.4 Å². The number of furan rings is 1. The van der Waals surface area contributed by atoms with E-state index in [9.17, 15) is 27.2 Å². The number of amides is 3. The molecular weight excluding hydrogens is 623 g/mol. The molecule has 2 heterocycles. The molecule has 0 bridgehead atoms. The van der Waals surface area contributed by atoms with Crippen LogP contribution in [0.2, 0.25) is 0 Å². The van der Waals surface area contributed by atoms with Gasteiger partial charge in [0, 0.05) is 29.6 Å². The van der Waals surface area contributed by atoms with Crippen molar-refractivity contribution >= 4 is 44.4 Å². The fourth-order valence-corrected chi connectivity index (χ4v) is 8.87. The maximum atomic E-state index is 14.1. The van der Waals surface area contributed by atoms with E-state index in [-0.39, 0.29) is 40.2 Å². The summed E-state index contributed by atoms with van der Waals surface area (Å²) in [7, 11) is -4.09. The Kier molecular flexibility index (Phi) is 9.98. The lowest BCUT2D eigenvalue weighted by atomic mass is 9.76. The van der Waals surface area contributed by atoms with E-state index in [1.807, 2.05) is 4.72 Å². The highest BCUT2D eigenvalue weighted by atomic mass is 32.2. The minimum atomic E-state index is -4.09. The Morgan fingerprint density at radius 2 is 1.66 bits per heavy atom. The average Bonchev–Trinajstić information content (AvgIpc) is 3.73. The number of halogens is 1. The predicted molar refractivity (Wildman–Crippen MR) is 176 cm³/mol. The molecule has 3 amide bonds. The Hall–Kier alpha value is -3.77. The first-order chi connectivity index (χ1) is 22.6. The smallest absolute Gasteiger partial charge is 0.300 e. The van der Waals surface area contributed by atoms with Gasteiger partial charge in [0.1, 0.15) is 18.3 Å². The molecule has 47 heavy (non-hydrogen) atoms. The van der Waals surface area contributed by atoms with Crippen molar-refractivity contribution in [2.24, 2.45) is 29.4 Å². The van der Waals surface area contributed by atoms with Crippen LogP contribution in [0, 0.1) is 23.7 Å². The Balaban J connectivity index is 1.18. The van der Waals surface area contributed by atoms with Crippen LogP contribution >= 0.6 is 0 Å². The van der Waals surface area contributed by atoms with E-state index in [4.69, 9.17) is 10.2 Å². The molecule has 2 aliphatic carbocycles. The van der Waals surface area contributed by atoms with Crippen molar-refractivity contribution in [1.82, 2.24) is 9.62 Å². The van der Waals surface area contributed by atoms with Crippen LogP contribution in [-0.2, 0) is 19.6 Å². The molecule has 1 aliphatic heterocycles. The van der Waals surface area contributed by atoms with Crippen LogP contribution in [0.25, 0.3) is 11.0 Å². The van der Waals surface area contributed by atoms with Gasteiger partial charge in [0.25, 0.3) is 10.0 Å². The molecule has 2 saturated carbocycles. The van der Waals surface area contributed by atoms with E-state index in [1.54, 1.807) is 41.3 Å². The van der Waals surface area contributed by atoms with Crippen molar-refractivity contribution in [3.63, 3.8) is 0 Å². The molecule has 252 valence electrons. The number of hydrogen-bond acceptors (Lipinski definition) is 7. The maximum Gasteiger partial charge on any atom is 0.300 e. The Morgan fingerprint density at radius 3 is 2.36 bits per heavy atom. The summed E-state index contributed by atoms with van der Waals surface area (Å²) in [5.74, 6) is -1.01. The van der Waals surface area contributed by atoms with E-state index in [0.717, 1.165) is 32.1 Å². The second-order valence-electron chi connectivity index (χ2n) is 13.4. The molecule has 3 atom stereocenters. The summed E-state index contributed by atoms with van der Waals surface area (Å²) in [5, 5.41) is 3.54. The van der Waals surface area contributed by atoms with Crippen molar-refractivity contribution < 1.29 is 31.6 Å². The third-order valence-electron chi connectivity index (χ3n) is 10.4. The molecule has 3 fully saturated rings. The van der Waals surface area contributed by atoms with Gasteiger partial charge in [0.2, 0.25) is 11.8 Å². The van der Waals surface area contributed by atoms with Crippen LogP contribution in [-0.4, -0.2) is 56.3 Å². The minimum absolute atomic E-state index is 0.00197. The molecular formula is C35H43FN4O6S. The molecule has 1 saturated heterocycles. The molecule has 12 heteroatoms. The quantitative estimate of drug-likeness (QED) is 0.277. The van der Waals surface area contributed by atoms with Crippen molar-refractivity contribution in [2.75, 3.05) is 18.5 Å². The second-order valence-corrected chi connectivity index (χ2v) is 15.0. The highest BCUT2D eigenvalue weighted by Gasteiger charge is 2.47. The van der Waals surface area contributed by atoms with Gasteiger partial charge in [-0.25, -0.2) is 17.5 Å². The van der Waals surface area contributed by atoms with Crippen molar-refractivity contribution in [3.8, 4) is 0 Å². The number of hydrogen-bond donors (Lipinski definition) is 3. The monoisotopic (exact) mass is 666 g/mol. The van der Waals surface area contributed by atoms with E-state index in [1.165, 1.54) is 24.6 Å². The van der Waals surface area contributed by atoms with Gasteiger partial charge < -0.3 is 20.4 Å². The highest BCUT2D eigenvalue weighted by molar-refractivity contribution is 7.90. The molecule has 2 aromatic carbocycles. The van der Waals surface area contributed by atoms with Crippen LogP contribution in [0.5, 0.6) is 0 Å². The molecule has 4 N–H and O–H groups in total. The van der Waals surface area contributed by atoms with Crippen LogP contribution in [0.4, 0.5) is 10.1 Å². The van der Waals surface area contributed by atoms with Crippen LogP contribution in [0.3, 0.4) is 0 Å². The Bertz CT molecular complexity index is 1700. The third kappa shape index (κ3) is 7.23. The third-order valence-corrected chi connectivity index (χ3v) is 11.8. The van der Waals surface area contributed by atoms with Crippen LogP contribution in [0.1, 0.15) is 74.8 Å². The topological polar surface area (TPSA) is 152 Å². The van der Waals surface area contributed by atoms with Crippen molar-refractivity contribution in [1.29, 1.82) is 0 Å². The number of sulfonamides is 1. The van der Waals surface area contributed by atoms with Gasteiger partial charge >= 0.3 is 5.91 Å². The average molecular weight is 667 g/mol. The number of alkyl halides is 1. The Morgan fingerprint density at radius 1 is 0.936 bits per heavy atom. The predicted octanol–water partition coefficient (Wildman–Crippen LogP) is 5.39. The zero-order valence-corrected chi connectivity index (χ0v) is 27.2. The number of carbonyl (C=O) groups is 3. The lowest BCUT2D eigenvalue weighted by molar-refractivity contribution is -0.142. The number of benzene rings is 2. The van der Waals surface area contributed by atoms with Gasteiger partial charge in [0.15, 0.2) is 5.76 Å². The lowest BCUT2D eigenvalue weighted by Crippen LogP contribution is -2.50. The summed E-state index contributed by atoms with van der Waals surface area (Å²) >= 11 is 0. The summed E-state index contributed by atoms with van der Waals surface area (Å²) in [4.78, 5) is 42.5.